The normalized spacial score (nSPS) is 12.3. The van der Waals surface area contributed by atoms with E-state index in [-0.39, 0.29) is 31.1 Å². The molecule has 0 fully saturated rings. The first-order chi connectivity index (χ1) is 39.0. The van der Waals surface area contributed by atoms with Gasteiger partial charge in [-0.15, -0.1) is 0 Å². The second-order valence-corrected chi connectivity index (χ2v) is 23.8. The molecule has 6 heteroatoms. The Morgan fingerprint density at radius 3 is 0.734 bits per heavy atom. The van der Waals surface area contributed by atoms with E-state index in [1.165, 1.54) is 250 Å². The van der Waals surface area contributed by atoms with Gasteiger partial charge in [0.1, 0.15) is 13.2 Å². The van der Waals surface area contributed by atoms with E-state index < -0.39 is 6.10 Å². The number of rotatable bonds is 65. The molecule has 0 aromatic heterocycles. The van der Waals surface area contributed by atoms with Crippen molar-refractivity contribution < 1.29 is 28.6 Å². The number of esters is 3. The molecule has 0 radical (unpaired) electrons. The summed E-state index contributed by atoms with van der Waals surface area (Å²) in [5.41, 5.74) is 0. The molecule has 0 N–H and O–H groups in total. The minimum absolute atomic E-state index is 0.0773. The van der Waals surface area contributed by atoms with E-state index in [2.05, 4.69) is 69.4 Å². The molecule has 1 atom stereocenters. The summed E-state index contributed by atoms with van der Waals surface area (Å²) in [4.78, 5) is 38.4. The number of carbonyl (C=O) groups excluding carboxylic acids is 3. The summed E-state index contributed by atoms with van der Waals surface area (Å²) >= 11 is 0. The quantitative estimate of drug-likeness (QED) is 0.0261. The molecule has 462 valence electrons. The highest BCUT2D eigenvalue weighted by atomic mass is 16.6. The molecule has 0 aromatic rings. The fraction of sp³-hybridized carbons (Fsp3) is 0.849. The molecular weight excluding hydrogens is 973 g/mol. The Labute approximate surface area is 492 Å². The van der Waals surface area contributed by atoms with Crippen molar-refractivity contribution in [2.24, 2.45) is 0 Å². The van der Waals surface area contributed by atoms with Crippen LogP contribution < -0.4 is 0 Å². The van der Waals surface area contributed by atoms with Gasteiger partial charge in [-0.25, -0.2) is 0 Å². The first-order valence-electron chi connectivity index (χ1n) is 35.1. The van der Waals surface area contributed by atoms with Crippen LogP contribution in [0.15, 0.2) is 48.6 Å². The van der Waals surface area contributed by atoms with Crippen LogP contribution in [0.4, 0.5) is 0 Å². The van der Waals surface area contributed by atoms with Gasteiger partial charge in [0, 0.05) is 19.3 Å². The van der Waals surface area contributed by atoms with Gasteiger partial charge >= 0.3 is 17.9 Å². The molecule has 0 bridgehead atoms. The van der Waals surface area contributed by atoms with Crippen LogP contribution in [0.3, 0.4) is 0 Å². The van der Waals surface area contributed by atoms with Gasteiger partial charge in [0.15, 0.2) is 6.10 Å². The van der Waals surface area contributed by atoms with Crippen molar-refractivity contribution in [3.8, 4) is 0 Å². The second kappa shape index (κ2) is 67.9. The van der Waals surface area contributed by atoms with Crippen LogP contribution in [0.25, 0.3) is 0 Å². The highest BCUT2D eigenvalue weighted by Gasteiger charge is 2.19. The summed E-state index contributed by atoms with van der Waals surface area (Å²) in [6, 6.07) is 0. The van der Waals surface area contributed by atoms with Crippen molar-refractivity contribution in [3.63, 3.8) is 0 Å². The Kier molecular flexibility index (Phi) is 65.6. The smallest absolute Gasteiger partial charge is 0.306 e. The third-order valence-corrected chi connectivity index (χ3v) is 15.8. The maximum Gasteiger partial charge on any atom is 0.306 e. The third-order valence-electron chi connectivity index (χ3n) is 15.8. The number of unbranched alkanes of at least 4 members (excludes halogenated alkanes) is 46. The monoisotopic (exact) mass is 1110 g/mol. The lowest BCUT2D eigenvalue weighted by Crippen LogP contribution is -2.30. The maximum atomic E-state index is 12.9. The highest BCUT2D eigenvalue weighted by molar-refractivity contribution is 5.71. The van der Waals surface area contributed by atoms with E-state index in [0.29, 0.717) is 19.3 Å². The fourth-order valence-electron chi connectivity index (χ4n) is 10.5. The van der Waals surface area contributed by atoms with Crippen molar-refractivity contribution >= 4 is 17.9 Å². The lowest BCUT2D eigenvalue weighted by molar-refractivity contribution is -0.167. The number of ether oxygens (including phenoxy) is 3. The van der Waals surface area contributed by atoms with Gasteiger partial charge in [-0.05, 0) is 83.5 Å². The molecule has 0 aromatic carbocycles. The van der Waals surface area contributed by atoms with Gasteiger partial charge in [-0.3, -0.25) is 14.4 Å². The highest BCUT2D eigenvalue weighted by Crippen LogP contribution is 2.18. The standard InChI is InChI=1S/C73H134O6/c1-4-7-10-13-16-19-22-25-28-30-32-33-34-35-36-37-38-39-40-41-43-45-48-51-54-57-60-63-66-72(75)78-69-70(68-77-71(74)65-62-59-56-53-50-47-44-27-24-21-18-15-12-9-6-3)79-73(76)67-64-61-58-55-52-49-46-42-31-29-26-23-20-17-14-11-8-5-2/h18,20-21,23,27,29,31,44,70H,4-17,19,22,24-26,28,30,32-43,45-69H2,1-3H3/b21-18-,23-20-,31-29-,44-27-. The first-order valence-corrected chi connectivity index (χ1v) is 35.1. The maximum absolute atomic E-state index is 12.9. The summed E-state index contributed by atoms with van der Waals surface area (Å²) in [5.74, 6) is -0.876. The predicted octanol–water partition coefficient (Wildman–Crippen LogP) is 24.1. The van der Waals surface area contributed by atoms with Crippen molar-refractivity contribution in [2.75, 3.05) is 13.2 Å². The zero-order valence-corrected chi connectivity index (χ0v) is 53.2. The third kappa shape index (κ3) is 66.1. The molecule has 1 unspecified atom stereocenters. The molecule has 0 heterocycles. The topological polar surface area (TPSA) is 78.9 Å². The summed E-state index contributed by atoms with van der Waals surface area (Å²) < 4.78 is 17.0. The molecular formula is C73H134O6. The molecule has 0 aliphatic carbocycles. The number of carbonyl (C=O) groups is 3. The largest absolute Gasteiger partial charge is 0.462 e. The molecule has 0 spiro atoms. The van der Waals surface area contributed by atoms with Gasteiger partial charge in [-0.2, -0.15) is 0 Å². The van der Waals surface area contributed by atoms with Gasteiger partial charge < -0.3 is 14.2 Å². The Morgan fingerprint density at radius 1 is 0.253 bits per heavy atom. The van der Waals surface area contributed by atoms with E-state index in [1.54, 1.807) is 0 Å². The minimum atomic E-state index is -0.783. The van der Waals surface area contributed by atoms with E-state index >= 15 is 0 Å². The predicted molar refractivity (Wildman–Crippen MR) is 344 cm³/mol. The molecule has 0 saturated heterocycles. The summed E-state index contributed by atoms with van der Waals surface area (Å²) in [6.45, 7) is 6.64. The zero-order valence-electron chi connectivity index (χ0n) is 53.2. The number of allylic oxidation sites excluding steroid dienone is 8. The summed E-state index contributed by atoms with van der Waals surface area (Å²) in [7, 11) is 0. The van der Waals surface area contributed by atoms with Crippen LogP contribution in [-0.4, -0.2) is 37.2 Å². The van der Waals surface area contributed by atoms with E-state index in [4.69, 9.17) is 14.2 Å². The molecule has 0 saturated carbocycles. The molecule has 0 amide bonds. The van der Waals surface area contributed by atoms with Crippen molar-refractivity contribution in [1.29, 1.82) is 0 Å². The number of hydrogen-bond donors (Lipinski definition) is 0. The first kappa shape index (κ1) is 76.4. The Morgan fingerprint density at radius 2 is 0.456 bits per heavy atom. The van der Waals surface area contributed by atoms with Gasteiger partial charge in [0.05, 0.1) is 0 Å². The van der Waals surface area contributed by atoms with Gasteiger partial charge in [-0.1, -0.05) is 326 Å². The average Bonchev–Trinajstić information content (AvgIpc) is 3.45. The second-order valence-electron chi connectivity index (χ2n) is 23.8. The van der Waals surface area contributed by atoms with E-state index in [1.807, 2.05) is 0 Å². The van der Waals surface area contributed by atoms with Crippen molar-refractivity contribution in [1.82, 2.24) is 0 Å². The molecule has 0 aliphatic rings. The molecule has 0 rings (SSSR count). The van der Waals surface area contributed by atoms with Crippen LogP contribution in [0.5, 0.6) is 0 Å². The van der Waals surface area contributed by atoms with Crippen LogP contribution >= 0.6 is 0 Å². The van der Waals surface area contributed by atoms with Gasteiger partial charge in [0.25, 0.3) is 0 Å². The van der Waals surface area contributed by atoms with Crippen LogP contribution in [0, 0.1) is 0 Å². The fourth-order valence-corrected chi connectivity index (χ4v) is 10.5. The zero-order chi connectivity index (χ0) is 57.1. The van der Waals surface area contributed by atoms with Crippen LogP contribution in [-0.2, 0) is 28.6 Å². The Bertz CT molecular complexity index is 1360. The summed E-state index contributed by atoms with van der Waals surface area (Å²) in [6.07, 6.45) is 85.7. The minimum Gasteiger partial charge on any atom is -0.462 e. The van der Waals surface area contributed by atoms with Crippen molar-refractivity contribution in [3.05, 3.63) is 48.6 Å². The SMILES string of the molecule is CCCCC/C=C\C/C=C\CCCCCCCC(=O)OCC(COC(=O)CCCCCCCCCCCCCCCCCCCCCCCCCCCCCC)OC(=O)CCCCCCCCC/C=C\C/C=C\CCCCCC. The van der Waals surface area contributed by atoms with Gasteiger partial charge in [0.2, 0.25) is 0 Å². The lowest BCUT2D eigenvalue weighted by atomic mass is 10.0. The van der Waals surface area contributed by atoms with E-state index in [9.17, 15) is 14.4 Å². The number of hydrogen-bond acceptors (Lipinski definition) is 6. The average molecular weight is 1110 g/mol. The Hall–Kier alpha value is -2.63. The summed E-state index contributed by atoms with van der Waals surface area (Å²) in [5, 5.41) is 0. The lowest BCUT2D eigenvalue weighted by Gasteiger charge is -2.18. The van der Waals surface area contributed by atoms with Crippen LogP contribution in [0.1, 0.15) is 380 Å². The van der Waals surface area contributed by atoms with E-state index in [0.717, 1.165) is 89.9 Å². The molecule has 79 heavy (non-hydrogen) atoms. The van der Waals surface area contributed by atoms with Crippen LogP contribution in [0.2, 0.25) is 0 Å². The Balaban J connectivity index is 4.24. The van der Waals surface area contributed by atoms with Crippen molar-refractivity contribution in [2.45, 2.75) is 386 Å². The molecule has 6 nitrogen and oxygen atoms in total. The molecule has 0 aliphatic heterocycles.